The molecule has 1 heterocycles. The zero-order valence-corrected chi connectivity index (χ0v) is 15.7. The highest BCUT2D eigenvalue weighted by molar-refractivity contribution is 6.30. The van der Waals surface area contributed by atoms with E-state index in [2.05, 4.69) is 45.9 Å². The number of nitrogens with zero attached hydrogens (tertiary/aromatic N) is 1. The lowest BCUT2D eigenvalue weighted by molar-refractivity contribution is 0.175. The maximum absolute atomic E-state index is 12.0. The van der Waals surface area contributed by atoms with Crippen molar-refractivity contribution in [3.63, 3.8) is 0 Å². The molecule has 0 saturated carbocycles. The van der Waals surface area contributed by atoms with Crippen LogP contribution in [-0.4, -0.2) is 30.6 Å². The van der Waals surface area contributed by atoms with Gasteiger partial charge in [-0.05, 0) is 55.1 Å². The molecular formula is C21H26ClN3O. The number of piperidine rings is 1. The van der Waals surface area contributed by atoms with Crippen molar-refractivity contribution in [1.29, 1.82) is 0 Å². The van der Waals surface area contributed by atoms with Crippen molar-refractivity contribution in [2.45, 2.75) is 25.9 Å². The molecule has 0 radical (unpaired) electrons. The monoisotopic (exact) mass is 371 g/mol. The Morgan fingerprint density at radius 1 is 0.962 bits per heavy atom. The highest BCUT2D eigenvalue weighted by atomic mass is 35.5. The van der Waals surface area contributed by atoms with Crippen LogP contribution in [0.25, 0.3) is 0 Å². The number of rotatable bonds is 6. The number of urea groups is 1. The topological polar surface area (TPSA) is 44.4 Å². The number of nitrogens with one attached hydrogen (secondary N) is 2. The normalized spacial score (nSPS) is 15.6. The van der Waals surface area contributed by atoms with Crippen LogP contribution in [0.1, 0.15) is 24.0 Å². The van der Waals surface area contributed by atoms with Gasteiger partial charge in [-0.25, -0.2) is 4.79 Å². The van der Waals surface area contributed by atoms with Gasteiger partial charge < -0.3 is 10.6 Å². The zero-order valence-electron chi connectivity index (χ0n) is 15.0. The lowest BCUT2D eigenvalue weighted by Crippen LogP contribution is -2.41. The Labute approximate surface area is 160 Å². The maximum atomic E-state index is 12.0. The molecule has 0 bridgehead atoms. The highest BCUT2D eigenvalue weighted by Crippen LogP contribution is 2.18. The molecule has 2 aromatic rings. The number of carbonyl (C=O) groups is 1. The second-order valence-corrected chi connectivity index (χ2v) is 7.33. The third kappa shape index (κ3) is 6.04. The first-order chi connectivity index (χ1) is 12.7. The Morgan fingerprint density at radius 3 is 2.35 bits per heavy atom. The summed E-state index contributed by atoms with van der Waals surface area (Å²) in [5.41, 5.74) is 2.41. The van der Waals surface area contributed by atoms with Crippen molar-refractivity contribution >= 4 is 17.6 Å². The molecule has 0 aliphatic carbocycles. The fourth-order valence-electron chi connectivity index (χ4n) is 3.27. The summed E-state index contributed by atoms with van der Waals surface area (Å²) in [7, 11) is 0. The molecule has 1 saturated heterocycles. The Kier molecular flexibility index (Phi) is 6.92. The first-order valence-corrected chi connectivity index (χ1v) is 9.59. The first-order valence-electron chi connectivity index (χ1n) is 9.21. The summed E-state index contributed by atoms with van der Waals surface area (Å²) in [5.74, 6) is 0.559. The van der Waals surface area contributed by atoms with Crippen LogP contribution in [0.3, 0.4) is 0 Å². The summed E-state index contributed by atoms with van der Waals surface area (Å²) in [5, 5.41) is 6.61. The molecular weight excluding hydrogens is 346 g/mol. The molecule has 1 fully saturated rings. The van der Waals surface area contributed by atoms with Crippen LogP contribution in [0.2, 0.25) is 5.02 Å². The summed E-state index contributed by atoms with van der Waals surface area (Å²) in [6.07, 6.45) is 2.26. The molecule has 26 heavy (non-hydrogen) atoms. The van der Waals surface area contributed by atoms with Crippen molar-refractivity contribution in [2.24, 2.45) is 5.92 Å². The average Bonchev–Trinajstić information content (AvgIpc) is 2.68. The van der Waals surface area contributed by atoms with E-state index in [1.807, 2.05) is 24.3 Å². The fraction of sp³-hybridized carbons (Fsp3) is 0.381. The standard InChI is InChI=1S/C21H26ClN3O/c22-20-8-6-17(7-9-20)14-23-21(26)24-15-18-10-12-25(13-11-18)16-19-4-2-1-3-5-19/h1-9,18H,10-16H2,(H2,23,24,26). The van der Waals surface area contributed by atoms with Crippen molar-refractivity contribution in [2.75, 3.05) is 19.6 Å². The van der Waals surface area contributed by atoms with Crippen molar-refractivity contribution in [1.82, 2.24) is 15.5 Å². The number of benzene rings is 2. The number of amides is 2. The molecule has 4 nitrogen and oxygen atoms in total. The van der Waals surface area contributed by atoms with Crippen LogP contribution >= 0.6 is 11.6 Å². The smallest absolute Gasteiger partial charge is 0.315 e. The summed E-state index contributed by atoms with van der Waals surface area (Å²) in [6.45, 7) is 4.45. The SMILES string of the molecule is O=C(NCc1ccc(Cl)cc1)NCC1CCN(Cc2ccccc2)CC1. The van der Waals surface area contributed by atoms with Gasteiger partial charge >= 0.3 is 6.03 Å². The van der Waals surface area contributed by atoms with E-state index >= 15 is 0 Å². The molecule has 5 heteroatoms. The molecule has 1 aliphatic rings. The van der Waals surface area contributed by atoms with Gasteiger partial charge in [0.05, 0.1) is 0 Å². The Morgan fingerprint density at radius 2 is 1.65 bits per heavy atom. The van der Waals surface area contributed by atoms with E-state index in [4.69, 9.17) is 11.6 Å². The van der Waals surface area contributed by atoms with E-state index in [1.165, 1.54) is 5.56 Å². The minimum Gasteiger partial charge on any atom is -0.338 e. The van der Waals surface area contributed by atoms with Gasteiger partial charge in [0.15, 0.2) is 0 Å². The van der Waals surface area contributed by atoms with Gasteiger partial charge in [-0.1, -0.05) is 54.1 Å². The van der Waals surface area contributed by atoms with Crippen LogP contribution in [0, 0.1) is 5.92 Å². The molecule has 1 aliphatic heterocycles. The zero-order chi connectivity index (χ0) is 18.2. The minimum absolute atomic E-state index is 0.105. The average molecular weight is 372 g/mol. The number of likely N-dealkylation sites (tertiary alicyclic amines) is 1. The van der Waals surface area contributed by atoms with Gasteiger partial charge in [-0.15, -0.1) is 0 Å². The molecule has 0 atom stereocenters. The van der Waals surface area contributed by atoms with Crippen molar-refractivity contribution in [3.05, 3.63) is 70.7 Å². The predicted octanol–water partition coefficient (Wildman–Crippen LogP) is 4.05. The van der Waals surface area contributed by atoms with Gasteiger partial charge in [0.2, 0.25) is 0 Å². The van der Waals surface area contributed by atoms with Gasteiger partial charge in [0.1, 0.15) is 0 Å². The Bertz CT molecular complexity index is 682. The lowest BCUT2D eigenvalue weighted by atomic mass is 9.96. The van der Waals surface area contributed by atoms with E-state index in [-0.39, 0.29) is 6.03 Å². The number of halogens is 1. The van der Waals surface area contributed by atoms with Crippen molar-refractivity contribution in [3.8, 4) is 0 Å². The van der Waals surface area contributed by atoms with Gasteiger partial charge in [0, 0.05) is 24.7 Å². The summed E-state index contributed by atoms with van der Waals surface area (Å²) in [4.78, 5) is 14.5. The highest BCUT2D eigenvalue weighted by Gasteiger charge is 2.19. The second kappa shape index (κ2) is 9.60. The van der Waals surface area contributed by atoms with Gasteiger partial charge in [-0.2, -0.15) is 0 Å². The summed E-state index contributed by atoms with van der Waals surface area (Å²) < 4.78 is 0. The third-order valence-electron chi connectivity index (χ3n) is 4.87. The summed E-state index contributed by atoms with van der Waals surface area (Å²) >= 11 is 5.86. The molecule has 0 unspecified atom stereocenters. The van der Waals surface area contributed by atoms with Gasteiger partial charge in [0.25, 0.3) is 0 Å². The molecule has 2 N–H and O–H groups in total. The van der Waals surface area contributed by atoms with Gasteiger partial charge in [-0.3, -0.25) is 4.90 Å². The maximum Gasteiger partial charge on any atom is 0.315 e. The molecule has 2 amide bonds. The van der Waals surface area contributed by atoms with E-state index < -0.39 is 0 Å². The quantitative estimate of drug-likeness (QED) is 0.804. The molecule has 138 valence electrons. The van der Waals surface area contributed by atoms with Crippen LogP contribution < -0.4 is 10.6 Å². The third-order valence-corrected chi connectivity index (χ3v) is 5.13. The number of hydrogen-bond donors (Lipinski definition) is 2. The van der Waals surface area contributed by atoms with E-state index in [0.29, 0.717) is 17.5 Å². The van der Waals surface area contributed by atoms with Crippen LogP contribution in [-0.2, 0) is 13.1 Å². The second-order valence-electron chi connectivity index (χ2n) is 6.90. The molecule has 0 aromatic heterocycles. The van der Waals surface area contributed by atoms with Crippen molar-refractivity contribution < 1.29 is 4.79 Å². The Balaban J connectivity index is 1.32. The largest absolute Gasteiger partial charge is 0.338 e. The molecule has 3 rings (SSSR count). The number of hydrogen-bond acceptors (Lipinski definition) is 2. The lowest BCUT2D eigenvalue weighted by Gasteiger charge is -2.32. The Hall–Kier alpha value is -2.04. The van der Waals surface area contributed by atoms with E-state index in [1.54, 1.807) is 0 Å². The molecule has 0 spiro atoms. The van der Waals surface area contributed by atoms with E-state index in [0.717, 1.165) is 44.6 Å². The van der Waals surface area contributed by atoms with Crippen LogP contribution in [0.15, 0.2) is 54.6 Å². The fourth-order valence-corrected chi connectivity index (χ4v) is 3.40. The van der Waals surface area contributed by atoms with E-state index in [9.17, 15) is 4.79 Å². The first kappa shape index (κ1) is 18.7. The van der Waals surface area contributed by atoms with Crippen LogP contribution in [0.5, 0.6) is 0 Å². The minimum atomic E-state index is -0.105. The summed E-state index contributed by atoms with van der Waals surface area (Å²) in [6, 6.07) is 18.0. The molecule has 2 aromatic carbocycles. The number of carbonyl (C=O) groups excluding carboxylic acids is 1. The van der Waals surface area contributed by atoms with Crippen LogP contribution in [0.4, 0.5) is 4.79 Å². The predicted molar refractivity (Wildman–Crippen MR) is 106 cm³/mol.